The summed E-state index contributed by atoms with van der Waals surface area (Å²) in [6.07, 6.45) is 0.552. The minimum atomic E-state index is -3.93. The Kier molecular flexibility index (Phi) is 4.96. The van der Waals surface area contributed by atoms with Gasteiger partial charge in [0.2, 0.25) is 10.0 Å². The SMILES string of the molecule is CC(Cc1ccsc1)N(C)S(=O)(=O)c1cccc(F)c1C#N. The van der Waals surface area contributed by atoms with Crippen molar-refractivity contribution >= 4 is 21.4 Å². The predicted octanol–water partition coefficient (Wildman–Crippen LogP) is 3.01. The summed E-state index contributed by atoms with van der Waals surface area (Å²) in [5, 5.41) is 12.9. The highest BCUT2D eigenvalue weighted by molar-refractivity contribution is 7.89. The molecule has 4 nitrogen and oxygen atoms in total. The van der Waals surface area contributed by atoms with Crippen molar-refractivity contribution in [2.45, 2.75) is 24.3 Å². The molecule has 1 aromatic heterocycles. The van der Waals surface area contributed by atoms with E-state index in [0.717, 1.165) is 11.6 Å². The maximum absolute atomic E-state index is 13.6. The average molecular weight is 338 g/mol. The van der Waals surface area contributed by atoms with Gasteiger partial charge in [-0.2, -0.15) is 20.9 Å². The molecular weight excluding hydrogens is 323 g/mol. The van der Waals surface area contributed by atoms with Crippen LogP contribution in [-0.2, 0) is 16.4 Å². The quantitative estimate of drug-likeness (QED) is 0.842. The molecule has 0 fully saturated rings. The summed E-state index contributed by atoms with van der Waals surface area (Å²) in [4.78, 5) is -0.297. The number of hydrogen-bond donors (Lipinski definition) is 0. The second-order valence-corrected chi connectivity index (χ2v) is 7.68. The third kappa shape index (κ3) is 3.19. The molecule has 1 unspecified atom stereocenters. The Morgan fingerprint density at radius 2 is 2.14 bits per heavy atom. The van der Waals surface area contributed by atoms with Gasteiger partial charge >= 0.3 is 0 Å². The summed E-state index contributed by atoms with van der Waals surface area (Å²) in [6.45, 7) is 1.78. The van der Waals surface area contributed by atoms with Gasteiger partial charge < -0.3 is 0 Å². The molecule has 1 heterocycles. The molecule has 1 atom stereocenters. The van der Waals surface area contributed by atoms with E-state index >= 15 is 0 Å². The molecule has 116 valence electrons. The number of rotatable bonds is 5. The molecule has 0 saturated heterocycles. The van der Waals surface area contributed by atoms with E-state index in [-0.39, 0.29) is 10.9 Å². The minimum absolute atomic E-state index is 0.297. The van der Waals surface area contributed by atoms with Crippen molar-refractivity contribution in [2.75, 3.05) is 7.05 Å². The second kappa shape index (κ2) is 6.57. The van der Waals surface area contributed by atoms with E-state index in [4.69, 9.17) is 5.26 Å². The molecule has 2 aromatic rings. The summed E-state index contributed by atoms with van der Waals surface area (Å²) >= 11 is 1.54. The van der Waals surface area contributed by atoms with Gasteiger partial charge in [0, 0.05) is 13.1 Å². The number of hydrogen-bond acceptors (Lipinski definition) is 4. The smallest absolute Gasteiger partial charge is 0.207 e. The van der Waals surface area contributed by atoms with Crippen LogP contribution in [0.15, 0.2) is 39.9 Å². The molecule has 22 heavy (non-hydrogen) atoms. The summed E-state index contributed by atoms with van der Waals surface area (Å²) in [6, 6.07) is 6.88. The lowest BCUT2D eigenvalue weighted by Crippen LogP contribution is -2.36. The first kappa shape index (κ1) is 16.6. The van der Waals surface area contributed by atoms with Crippen LogP contribution in [0.1, 0.15) is 18.1 Å². The van der Waals surface area contributed by atoms with Crippen molar-refractivity contribution < 1.29 is 12.8 Å². The Bertz CT molecular complexity index is 795. The molecule has 0 aliphatic rings. The van der Waals surface area contributed by atoms with Gasteiger partial charge in [-0.3, -0.25) is 0 Å². The first-order chi connectivity index (χ1) is 10.4. The van der Waals surface area contributed by atoms with Gasteiger partial charge in [-0.1, -0.05) is 6.07 Å². The van der Waals surface area contributed by atoms with Crippen LogP contribution < -0.4 is 0 Å². The summed E-state index contributed by atoms with van der Waals surface area (Å²) in [5.74, 6) is -0.831. The zero-order valence-corrected chi connectivity index (χ0v) is 13.8. The van der Waals surface area contributed by atoms with Crippen molar-refractivity contribution in [3.05, 3.63) is 52.0 Å². The zero-order valence-electron chi connectivity index (χ0n) is 12.2. The normalized spacial score (nSPS) is 13.0. The number of halogens is 1. The van der Waals surface area contributed by atoms with Gasteiger partial charge in [0.15, 0.2) is 0 Å². The standard InChI is InChI=1S/C15H15FN2O2S2/c1-11(8-12-6-7-21-10-12)18(2)22(19,20)15-5-3-4-14(16)13(15)9-17/h3-7,10-11H,8H2,1-2H3. The van der Waals surface area contributed by atoms with Crippen LogP contribution in [0, 0.1) is 17.1 Å². The molecule has 1 aromatic carbocycles. The van der Waals surface area contributed by atoms with E-state index in [0.29, 0.717) is 6.42 Å². The highest BCUT2D eigenvalue weighted by Crippen LogP contribution is 2.23. The van der Waals surface area contributed by atoms with Crippen molar-refractivity contribution in [1.29, 1.82) is 5.26 Å². The van der Waals surface area contributed by atoms with Crippen LogP contribution in [0.25, 0.3) is 0 Å². The van der Waals surface area contributed by atoms with Gasteiger partial charge in [-0.25, -0.2) is 12.8 Å². The van der Waals surface area contributed by atoms with E-state index in [1.807, 2.05) is 16.8 Å². The monoisotopic (exact) mass is 338 g/mol. The number of benzene rings is 1. The minimum Gasteiger partial charge on any atom is -0.207 e. The van der Waals surface area contributed by atoms with Gasteiger partial charge in [0.1, 0.15) is 22.3 Å². The summed E-state index contributed by atoms with van der Waals surface area (Å²) in [7, 11) is -2.49. The van der Waals surface area contributed by atoms with E-state index in [2.05, 4.69) is 0 Å². The second-order valence-electron chi connectivity index (χ2n) is 4.93. The lowest BCUT2D eigenvalue weighted by atomic mass is 10.1. The average Bonchev–Trinajstić information content (AvgIpc) is 2.98. The van der Waals surface area contributed by atoms with Crippen molar-refractivity contribution in [3.8, 4) is 6.07 Å². The molecule has 0 aliphatic heterocycles. The van der Waals surface area contributed by atoms with Crippen molar-refractivity contribution in [1.82, 2.24) is 4.31 Å². The van der Waals surface area contributed by atoms with Crippen LogP contribution in [-0.4, -0.2) is 25.8 Å². The highest BCUT2D eigenvalue weighted by atomic mass is 32.2. The Morgan fingerprint density at radius 3 is 2.73 bits per heavy atom. The first-order valence-corrected chi connectivity index (χ1v) is 8.94. The number of thiophene rings is 1. The Balaban J connectivity index is 2.34. The molecule has 0 aliphatic carbocycles. The predicted molar refractivity (Wildman–Crippen MR) is 83.5 cm³/mol. The molecule has 0 spiro atoms. The maximum Gasteiger partial charge on any atom is 0.244 e. The van der Waals surface area contributed by atoms with Gasteiger partial charge in [0.05, 0.1) is 0 Å². The van der Waals surface area contributed by atoms with Crippen molar-refractivity contribution in [2.24, 2.45) is 0 Å². The van der Waals surface area contributed by atoms with E-state index < -0.39 is 21.4 Å². The molecule has 7 heteroatoms. The molecule has 2 rings (SSSR count). The molecule has 0 bridgehead atoms. The van der Waals surface area contributed by atoms with Crippen LogP contribution in [0.3, 0.4) is 0 Å². The third-order valence-electron chi connectivity index (χ3n) is 3.48. The molecular formula is C15H15FN2O2S2. The Morgan fingerprint density at radius 1 is 1.41 bits per heavy atom. The highest BCUT2D eigenvalue weighted by Gasteiger charge is 2.29. The lowest BCUT2D eigenvalue weighted by molar-refractivity contribution is 0.386. The molecule has 0 amide bonds. The fourth-order valence-electron chi connectivity index (χ4n) is 2.10. The third-order valence-corrected chi connectivity index (χ3v) is 6.22. The number of sulfonamides is 1. The zero-order chi connectivity index (χ0) is 16.3. The van der Waals surface area contributed by atoms with Gasteiger partial charge in [0.25, 0.3) is 0 Å². The topological polar surface area (TPSA) is 61.2 Å². The van der Waals surface area contributed by atoms with Crippen LogP contribution in [0.4, 0.5) is 4.39 Å². The Labute approximate surface area is 133 Å². The fraction of sp³-hybridized carbons (Fsp3) is 0.267. The van der Waals surface area contributed by atoms with Gasteiger partial charge in [-0.05, 0) is 47.9 Å². The van der Waals surface area contributed by atoms with E-state index in [9.17, 15) is 12.8 Å². The number of nitrogens with zero attached hydrogens (tertiary/aromatic N) is 2. The van der Waals surface area contributed by atoms with Gasteiger partial charge in [-0.15, -0.1) is 0 Å². The largest absolute Gasteiger partial charge is 0.244 e. The Hall–Kier alpha value is -1.75. The van der Waals surface area contributed by atoms with Crippen LogP contribution in [0.5, 0.6) is 0 Å². The van der Waals surface area contributed by atoms with Crippen LogP contribution >= 0.6 is 11.3 Å². The number of nitriles is 1. The first-order valence-electron chi connectivity index (χ1n) is 6.55. The molecule has 0 saturated carbocycles. The fourth-order valence-corrected chi connectivity index (χ4v) is 4.29. The summed E-state index contributed by atoms with van der Waals surface area (Å²) in [5.41, 5.74) is 0.594. The maximum atomic E-state index is 13.6. The molecule has 0 radical (unpaired) electrons. The van der Waals surface area contributed by atoms with Crippen molar-refractivity contribution in [3.63, 3.8) is 0 Å². The lowest BCUT2D eigenvalue weighted by Gasteiger charge is -2.24. The van der Waals surface area contributed by atoms with E-state index in [1.165, 1.54) is 23.5 Å². The van der Waals surface area contributed by atoms with Crippen LogP contribution in [0.2, 0.25) is 0 Å². The van der Waals surface area contributed by atoms with E-state index in [1.54, 1.807) is 24.3 Å². The number of likely N-dealkylation sites (N-methyl/N-ethyl adjacent to an activating group) is 1. The molecule has 0 N–H and O–H groups in total. The summed E-state index contributed by atoms with van der Waals surface area (Å²) < 4.78 is 40.1.